The molecule has 2 aromatic carbocycles. The van der Waals surface area contributed by atoms with Crippen LogP contribution >= 0.6 is 12.4 Å². The van der Waals surface area contributed by atoms with Crippen LogP contribution < -0.4 is 11.1 Å². The van der Waals surface area contributed by atoms with Gasteiger partial charge in [-0.15, -0.1) is 12.4 Å². The zero-order valence-corrected chi connectivity index (χ0v) is 17.6. The van der Waals surface area contributed by atoms with Gasteiger partial charge < -0.3 is 20.7 Å². The SMILES string of the molecule is Cl.NC[C@H]1CC[C@@H](C(=O)Nc2ccc(C(=O)N3CCCC3c3ccccc3)cc2)O1. The van der Waals surface area contributed by atoms with Crippen LogP contribution in [0.4, 0.5) is 5.69 Å². The first kappa shape index (κ1) is 22.3. The van der Waals surface area contributed by atoms with Crippen molar-refractivity contribution in [2.24, 2.45) is 5.73 Å². The summed E-state index contributed by atoms with van der Waals surface area (Å²) in [7, 11) is 0. The van der Waals surface area contributed by atoms with Crippen LogP contribution in [0.5, 0.6) is 0 Å². The van der Waals surface area contributed by atoms with Crippen molar-refractivity contribution in [1.29, 1.82) is 0 Å². The van der Waals surface area contributed by atoms with Crippen LogP contribution in [0.2, 0.25) is 0 Å². The van der Waals surface area contributed by atoms with Gasteiger partial charge in [0.15, 0.2) is 0 Å². The lowest BCUT2D eigenvalue weighted by Gasteiger charge is -2.25. The van der Waals surface area contributed by atoms with Gasteiger partial charge in [0.05, 0.1) is 12.1 Å². The third kappa shape index (κ3) is 4.83. The van der Waals surface area contributed by atoms with E-state index in [1.165, 1.54) is 5.56 Å². The lowest BCUT2D eigenvalue weighted by molar-refractivity contribution is -0.126. The monoisotopic (exact) mass is 429 g/mol. The molecule has 3 atom stereocenters. The van der Waals surface area contributed by atoms with Gasteiger partial charge in [0, 0.05) is 24.3 Å². The molecule has 0 aliphatic carbocycles. The highest BCUT2D eigenvalue weighted by Crippen LogP contribution is 2.33. The molecule has 0 bridgehead atoms. The van der Waals surface area contributed by atoms with Crippen molar-refractivity contribution in [3.8, 4) is 0 Å². The summed E-state index contributed by atoms with van der Waals surface area (Å²) in [6.07, 6.45) is 2.98. The number of hydrogen-bond acceptors (Lipinski definition) is 4. The van der Waals surface area contributed by atoms with Crippen LogP contribution in [0, 0.1) is 0 Å². The number of ether oxygens (including phenoxy) is 1. The summed E-state index contributed by atoms with van der Waals surface area (Å²) in [6.45, 7) is 1.19. The molecule has 1 unspecified atom stereocenters. The third-order valence-electron chi connectivity index (χ3n) is 5.76. The molecule has 7 heteroatoms. The van der Waals surface area contributed by atoms with Gasteiger partial charge >= 0.3 is 0 Å². The van der Waals surface area contributed by atoms with Gasteiger partial charge in [0.1, 0.15) is 6.10 Å². The number of amides is 2. The van der Waals surface area contributed by atoms with Crippen molar-refractivity contribution in [2.75, 3.05) is 18.4 Å². The van der Waals surface area contributed by atoms with Crippen LogP contribution in [0.1, 0.15) is 47.6 Å². The van der Waals surface area contributed by atoms with Crippen molar-refractivity contribution in [2.45, 2.75) is 43.9 Å². The van der Waals surface area contributed by atoms with Crippen LogP contribution in [-0.4, -0.2) is 42.0 Å². The first-order valence-corrected chi connectivity index (χ1v) is 10.3. The molecule has 6 nitrogen and oxygen atoms in total. The fourth-order valence-electron chi connectivity index (χ4n) is 4.19. The van der Waals surface area contributed by atoms with E-state index in [9.17, 15) is 9.59 Å². The maximum atomic E-state index is 13.0. The van der Waals surface area contributed by atoms with Gasteiger partial charge in [0.2, 0.25) is 0 Å². The van der Waals surface area contributed by atoms with E-state index in [4.69, 9.17) is 10.5 Å². The zero-order valence-electron chi connectivity index (χ0n) is 16.8. The third-order valence-corrected chi connectivity index (χ3v) is 5.76. The molecule has 2 saturated heterocycles. The van der Waals surface area contributed by atoms with E-state index >= 15 is 0 Å². The summed E-state index contributed by atoms with van der Waals surface area (Å²) in [5.41, 5.74) is 8.07. The molecule has 30 heavy (non-hydrogen) atoms. The predicted octanol–water partition coefficient (Wildman–Crippen LogP) is 3.53. The Kier molecular flexibility index (Phi) is 7.48. The molecule has 0 radical (unpaired) electrons. The average Bonchev–Trinajstić information content (AvgIpc) is 3.44. The Balaban J connectivity index is 0.00000256. The molecule has 0 spiro atoms. The van der Waals surface area contributed by atoms with Crippen molar-refractivity contribution in [1.82, 2.24) is 4.90 Å². The van der Waals surface area contributed by atoms with Gasteiger partial charge in [-0.3, -0.25) is 9.59 Å². The van der Waals surface area contributed by atoms with Crippen LogP contribution in [0.25, 0.3) is 0 Å². The predicted molar refractivity (Wildman–Crippen MR) is 119 cm³/mol. The van der Waals surface area contributed by atoms with E-state index in [2.05, 4.69) is 17.4 Å². The van der Waals surface area contributed by atoms with Crippen molar-refractivity contribution >= 4 is 29.9 Å². The highest BCUT2D eigenvalue weighted by Gasteiger charge is 2.31. The molecule has 2 heterocycles. The topological polar surface area (TPSA) is 84.7 Å². The van der Waals surface area contributed by atoms with Crippen LogP contribution in [-0.2, 0) is 9.53 Å². The molecule has 3 N–H and O–H groups in total. The summed E-state index contributed by atoms with van der Waals surface area (Å²) in [4.78, 5) is 27.3. The highest BCUT2D eigenvalue weighted by molar-refractivity contribution is 5.97. The Morgan fingerprint density at radius 1 is 1.03 bits per heavy atom. The quantitative estimate of drug-likeness (QED) is 0.761. The number of hydrogen-bond donors (Lipinski definition) is 2. The number of rotatable bonds is 5. The Labute approximate surface area is 183 Å². The van der Waals surface area contributed by atoms with Crippen molar-refractivity contribution in [3.63, 3.8) is 0 Å². The smallest absolute Gasteiger partial charge is 0.254 e. The Bertz CT molecular complexity index is 860. The molecule has 2 aliphatic rings. The number of nitrogens with one attached hydrogen (secondary N) is 1. The first-order valence-electron chi connectivity index (χ1n) is 10.3. The van der Waals surface area contributed by atoms with Crippen molar-refractivity contribution in [3.05, 3.63) is 65.7 Å². The van der Waals surface area contributed by atoms with Gasteiger partial charge in [0.25, 0.3) is 11.8 Å². The lowest BCUT2D eigenvalue weighted by Crippen LogP contribution is -2.31. The maximum Gasteiger partial charge on any atom is 0.254 e. The van der Waals surface area contributed by atoms with Crippen LogP contribution in [0.15, 0.2) is 54.6 Å². The maximum absolute atomic E-state index is 13.0. The summed E-state index contributed by atoms with van der Waals surface area (Å²) in [5.74, 6) is -0.136. The minimum atomic E-state index is -0.457. The van der Waals surface area contributed by atoms with Gasteiger partial charge in [-0.1, -0.05) is 30.3 Å². The largest absolute Gasteiger partial charge is 0.364 e. The standard InChI is InChI=1S/C23H27N3O3.ClH/c24-15-19-12-13-21(29-19)22(27)25-18-10-8-17(9-11-18)23(28)26-14-4-7-20(26)16-5-2-1-3-6-16;/h1-3,5-6,8-11,19-21H,4,7,12-15,24H2,(H,25,27);1H/t19-,20?,21+;/m1./s1. The summed E-state index contributed by atoms with van der Waals surface area (Å²) < 4.78 is 5.63. The van der Waals surface area contributed by atoms with E-state index in [0.29, 0.717) is 24.2 Å². The molecular weight excluding hydrogens is 402 g/mol. The lowest BCUT2D eigenvalue weighted by atomic mass is 10.0. The van der Waals surface area contributed by atoms with Gasteiger partial charge in [-0.05, 0) is 55.5 Å². The van der Waals surface area contributed by atoms with Crippen LogP contribution in [0.3, 0.4) is 0 Å². The van der Waals surface area contributed by atoms with E-state index in [0.717, 1.165) is 25.8 Å². The number of likely N-dealkylation sites (tertiary alicyclic amines) is 1. The number of halogens is 1. The number of nitrogens with two attached hydrogens (primary N) is 1. The van der Waals surface area contributed by atoms with E-state index < -0.39 is 6.10 Å². The number of nitrogens with zero attached hydrogens (tertiary/aromatic N) is 1. The molecule has 2 aliphatic heterocycles. The van der Waals surface area contributed by atoms with Gasteiger partial charge in [-0.2, -0.15) is 0 Å². The molecule has 2 fully saturated rings. The second kappa shape index (κ2) is 10.1. The second-order valence-electron chi connectivity index (χ2n) is 7.69. The Morgan fingerprint density at radius 3 is 2.43 bits per heavy atom. The minimum absolute atomic E-state index is 0. The zero-order chi connectivity index (χ0) is 20.2. The molecule has 2 aromatic rings. The minimum Gasteiger partial charge on any atom is -0.364 e. The summed E-state index contributed by atoms with van der Waals surface area (Å²) in [6, 6.07) is 17.4. The molecule has 0 saturated carbocycles. The molecule has 4 rings (SSSR count). The van der Waals surface area contributed by atoms with Crippen molar-refractivity contribution < 1.29 is 14.3 Å². The molecular formula is C23H28ClN3O3. The van der Waals surface area contributed by atoms with E-state index in [1.54, 1.807) is 24.3 Å². The molecule has 0 aromatic heterocycles. The van der Waals surface area contributed by atoms with E-state index in [1.807, 2.05) is 23.1 Å². The highest BCUT2D eigenvalue weighted by atomic mass is 35.5. The average molecular weight is 430 g/mol. The number of carbonyl (C=O) groups is 2. The molecule has 160 valence electrons. The fraction of sp³-hybridized carbons (Fsp3) is 0.391. The number of anilines is 1. The Morgan fingerprint density at radius 2 is 1.77 bits per heavy atom. The summed E-state index contributed by atoms with van der Waals surface area (Å²) >= 11 is 0. The Hall–Kier alpha value is -2.41. The normalized spacial score (nSPS) is 23.1. The molecule has 2 amide bonds. The fourth-order valence-corrected chi connectivity index (χ4v) is 4.19. The summed E-state index contributed by atoms with van der Waals surface area (Å²) in [5, 5.41) is 2.87. The number of benzene rings is 2. The van der Waals surface area contributed by atoms with Gasteiger partial charge in [-0.25, -0.2) is 0 Å². The first-order chi connectivity index (χ1) is 14.2. The number of carbonyl (C=O) groups excluding carboxylic acids is 2. The van der Waals surface area contributed by atoms with E-state index in [-0.39, 0.29) is 36.4 Å². The second-order valence-corrected chi connectivity index (χ2v) is 7.69.